The highest BCUT2D eigenvalue weighted by Crippen LogP contribution is 2.46. The fraction of sp³-hybridized carbons (Fsp3) is 0.208. The van der Waals surface area contributed by atoms with Crippen molar-refractivity contribution in [2.45, 2.75) is 20.3 Å². The van der Waals surface area contributed by atoms with Gasteiger partial charge in [0.1, 0.15) is 11.5 Å². The third-order valence-electron chi connectivity index (χ3n) is 5.07. The van der Waals surface area contributed by atoms with Gasteiger partial charge in [-0.25, -0.2) is 4.90 Å². The molecule has 3 aromatic carbocycles. The van der Waals surface area contributed by atoms with Gasteiger partial charge >= 0.3 is 0 Å². The Bertz CT molecular complexity index is 1130. The summed E-state index contributed by atoms with van der Waals surface area (Å²) in [6.07, 6.45) is -0.253. The summed E-state index contributed by atoms with van der Waals surface area (Å²) < 4.78 is 11.7. The number of benzene rings is 3. The van der Waals surface area contributed by atoms with Gasteiger partial charge in [-0.2, -0.15) is 0 Å². The van der Waals surface area contributed by atoms with Gasteiger partial charge in [0, 0.05) is 23.2 Å². The van der Waals surface area contributed by atoms with Crippen LogP contribution in [0.2, 0.25) is 0 Å². The predicted molar refractivity (Wildman–Crippen MR) is 113 cm³/mol. The van der Waals surface area contributed by atoms with E-state index in [0.29, 0.717) is 46.7 Å². The molecule has 1 heterocycles. The van der Waals surface area contributed by atoms with Crippen molar-refractivity contribution in [3.8, 4) is 11.5 Å². The Labute approximate surface area is 178 Å². The molecule has 0 aromatic heterocycles. The Kier molecular flexibility index (Phi) is 5.33. The zero-order valence-electron chi connectivity index (χ0n) is 17.1. The van der Waals surface area contributed by atoms with Crippen molar-refractivity contribution in [3.63, 3.8) is 0 Å². The van der Waals surface area contributed by atoms with Crippen LogP contribution in [-0.4, -0.2) is 31.0 Å². The molecule has 3 aromatic rings. The van der Waals surface area contributed by atoms with Gasteiger partial charge in [0.15, 0.2) is 0 Å². The normalized spacial score (nSPS) is 12.9. The number of ether oxygens (including phenoxy) is 2. The van der Waals surface area contributed by atoms with Crippen molar-refractivity contribution < 1.29 is 29.0 Å². The van der Waals surface area contributed by atoms with Crippen LogP contribution in [0.5, 0.6) is 11.5 Å². The second-order valence-corrected chi connectivity index (χ2v) is 6.98. The van der Waals surface area contributed by atoms with Crippen LogP contribution < -0.4 is 19.5 Å². The van der Waals surface area contributed by atoms with E-state index in [1.807, 2.05) is 38.1 Å². The number of carbonyl (C=O) groups is 3. The predicted octanol–water partition coefficient (Wildman–Crippen LogP) is 2.73. The Morgan fingerprint density at radius 1 is 0.839 bits per heavy atom. The summed E-state index contributed by atoms with van der Waals surface area (Å²) in [5.41, 5.74) is 1.19. The van der Waals surface area contributed by atoms with E-state index < -0.39 is 17.8 Å². The fourth-order valence-electron chi connectivity index (χ4n) is 3.85. The van der Waals surface area contributed by atoms with E-state index in [-0.39, 0.29) is 17.5 Å². The number of fused-ring (bicyclic) bond motifs is 2. The van der Waals surface area contributed by atoms with E-state index in [0.717, 1.165) is 4.90 Å². The van der Waals surface area contributed by atoms with Gasteiger partial charge in [0.05, 0.1) is 30.0 Å². The number of anilines is 1. The van der Waals surface area contributed by atoms with E-state index in [1.54, 1.807) is 24.3 Å². The zero-order valence-corrected chi connectivity index (χ0v) is 17.1. The fourth-order valence-corrected chi connectivity index (χ4v) is 3.85. The number of hydrogen-bond acceptors (Lipinski definition) is 6. The number of carboxylic acids is 1. The molecule has 7 nitrogen and oxygen atoms in total. The number of nitrogens with zero attached hydrogens (tertiary/aromatic N) is 1. The minimum Gasteiger partial charge on any atom is -0.550 e. The van der Waals surface area contributed by atoms with Crippen LogP contribution in [0.3, 0.4) is 0 Å². The zero-order chi connectivity index (χ0) is 22.1. The van der Waals surface area contributed by atoms with Crippen LogP contribution in [0.25, 0.3) is 10.8 Å². The molecule has 2 amide bonds. The van der Waals surface area contributed by atoms with E-state index in [1.165, 1.54) is 0 Å². The first-order valence-electron chi connectivity index (χ1n) is 9.99. The second kappa shape index (κ2) is 8.10. The summed E-state index contributed by atoms with van der Waals surface area (Å²) in [5, 5.41) is 12.2. The molecule has 1 aliphatic heterocycles. The number of carboxylic acid groups (broad SMARTS) is 1. The van der Waals surface area contributed by atoms with Crippen LogP contribution in [0.4, 0.5) is 5.69 Å². The first-order chi connectivity index (χ1) is 15.0. The maximum Gasteiger partial charge on any atom is 0.270 e. The molecule has 0 saturated carbocycles. The van der Waals surface area contributed by atoms with E-state index >= 15 is 0 Å². The summed E-state index contributed by atoms with van der Waals surface area (Å²) >= 11 is 0. The SMILES string of the molecule is CCOc1c2c(c(OCC)c3ccccc13)C(=O)N(c1ccc(CC(=O)[O-])cc1)C2=O. The molecule has 0 N–H and O–H groups in total. The molecule has 0 saturated heterocycles. The molecule has 7 heteroatoms. The summed E-state index contributed by atoms with van der Waals surface area (Å²) in [4.78, 5) is 38.7. The van der Waals surface area contributed by atoms with Crippen LogP contribution >= 0.6 is 0 Å². The standard InChI is InChI=1S/C24H21NO6/c1-3-30-21-16-7-5-6-8-17(16)22(31-4-2)20-19(21)23(28)25(24(20)29)15-11-9-14(10-12-15)13-18(26)27/h5-12H,3-4,13H2,1-2H3,(H,26,27)/p-1. The summed E-state index contributed by atoms with van der Waals surface area (Å²) in [6.45, 7) is 4.27. The average Bonchev–Trinajstić information content (AvgIpc) is 3.01. The molecule has 4 rings (SSSR count). The molecule has 0 atom stereocenters. The van der Waals surface area contributed by atoms with E-state index in [9.17, 15) is 19.5 Å². The van der Waals surface area contributed by atoms with Gasteiger partial charge in [-0.1, -0.05) is 36.4 Å². The lowest BCUT2D eigenvalue weighted by molar-refractivity contribution is -0.304. The maximum absolute atomic E-state index is 13.4. The largest absolute Gasteiger partial charge is 0.550 e. The third-order valence-corrected chi connectivity index (χ3v) is 5.07. The van der Waals surface area contributed by atoms with Gasteiger partial charge < -0.3 is 19.4 Å². The summed E-state index contributed by atoms with van der Waals surface area (Å²) in [7, 11) is 0. The number of amides is 2. The smallest absolute Gasteiger partial charge is 0.270 e. The minimum absolute atomic E-state index is 0.174. The van der Waals surface area contributed by atoms with Crippen molar-refractivity contribution >= 4 is 34.2 Å². The molecular weight excluding hydrogens is 398 g/mol. The molecule has 0 radical (unpaired) electrons. The van der Waals surface area contributed by atoms with Gasteiger partial charge in [-0.05, 0) is 31.5 Å². The highest BCUT2D eigenvalue weighted by molar-refractivity contribution is 6.38. The number of aliphatic carboxylic acids is 1. The average molecular weight is 418 g/mol. The first kappa shape index (κ1) is 20.4. The van der Waals surface area contributed by atoms with Gasteiger partial charge in [0.25, 0.3) is 11.8 Å². The Hall–Kier alpha value is -3.87. The lowest BCUT2D eigenvalue weighted by Gasteiger charge is -2.15. The van der Waals surface area contributed by atoms with Gasteiger partial charge in [-0.3, -0.25) is 9.59 Å². The van der Waals surface area contributed by atoms with Crippen LogP contribution in [0.15, 0.2) is 48.5 Å². The van der Waals surface area contributed by atoms with Crippen molar-refractivity contribution in [1.29, 1.82) is 0 Å². The van der Waals surface area contributed by atoms with Crippen LogP contribution in [0, 0.1) is 0 Å². The molecule has 0 unspecified atom stereocenters. The maximum atomic E-state index is 13.4. The quantitative estimate of drug-likeness (QED) is 0.548. The van der Waals surface area contributed by atoms with Crippen molar-refractivity contribution in [2.24, 2.45) is 0 Å². The Morgan fingerprint density at radius 2 is 1.32 bits per heavy atom. The third kappa shape index (κ3) is 3.38. The lowest BCUT2D eigenvalue weighted by Crippen LogP contribution is -2.29. The highest BCUT2D eigenvalue weighted by atomic mass is 16.5. The van der Waals surface area contributed by atoms with Gasteiger partial charge in [0.2, 0.25) is 0 Å². The summed E-state index contributed by atoms with van der Waals surface area (Å²) in [5.74, 6) is -1.52. The lowest BCUT2D eigenvalue weighted by atomic mass is 9.99. The number of carbonyl (C=O) groups excluding carboxylic acids is 3. The Balaban J connectivity index is 1.90. The molecular formula is C24H20NO6-. The molecule has 0 fully saturated rings. The van der Waals surface area contributed by atoms with Crippen molar-refractivity contribution in [2.75, 3.05) is 18.1 Å². The van der Waals surface area contributed by atoms with Crippen LogP contribution in [-0.2, 0) is 11.2 Å². The van der Waals surface area contributed by atoms with E-state index in [4.69, 9.17) is 9.47 Å². The van der Waals surface area contributed by atoms with Crippen LogP contribution in [0.1, 0.15) is 40.1 Å². The second-order valence-electron chi connectivity index (χ2n) is 6.98. The first-order valence-corrected chi connectivity index (χ1v) is 9.99. The molecule has 0 aliphatic carbocycles. The van der Waals surface area contributed by atoms with E-state index in [2.05, 4.69) is 0 Å². The number of rotatable bonds is 7. The minimum atomic E-state index is -1.21. The topological polar surface area (TPSA) is 96.0 Å². The van der Waals surface area contributed by atoms with Crippen molar-refractivity contribution in [1.82, 2.24) is 0 Å². The Morgan fingerprint density at radius 3 is 1.74 bits per heavy atom. The molecule has 31 heavy (non-hydrogen) atoms. The molecule has 0 bridgehead atoms. The van der Waals surface area contributed by atoms with Crippen molar-refractivity contribution in [3.05, 3.63) is 65.2 Å². The highest BCUT2D eigenvalue weighted by Gasteiger charge is 2.43. The monoisotopic (exact) mass is 418 g/mol. The molecule has 158 valence electrons. The van der Waals surface area contributed by atoms with Gasteiger partial charge in [-0.15, -0.1) is 0 Å². The summed E-state index contributed by atoms with van der Waals surface area (Å²) in [6, 6.07) is 13.5. The number of hydrogen-bond donors (Lipinski definition) is 0. The molecule has 1 aliphatic rings. The number of imide groups is 1. The molecule has 0 spiro atoms.